The zero-order chi connectivity index (χ0) is 17.4. The predicted molar refractivity (Wildman–Crippen MR) is 95.8 cm³/mol. The normalized spacial score (nSPS) is 10.1. The summed E-state index contributed by atoms with van der Waals surface area (Å²) in [5, 5.41) is 8.60. The van der Waals surface area contributed by atoms with Gasteiger partial charge in [0.1, 0.15) is 11.6 Å². The molecule has 1 aromatic heterocycles. The Bertz CT molecular complexity index is 673. The zero-order valence-electron chi connectivity index (χ0n) is 14.2. The second-order valence-corrected chi connectivity index (χ2v) is 5.31. The van der Waals surface area contributed by atoms with Crippen molar-refractivity contribution in [3.05, 3.63) is 36.0 Å². The van der Waals surface area contributed by atoms with E-state index in [2.05, 4.69) is 32.8 Å². The Balaban J connectivity index is 1.97. The first-order valence-electron chi connectivity index (χ1n) is 7.92. The predicted octanol–water partition coefficient (Wildman–Crippen LogP) is 3.65. The van der Waals surface area contributed by atoms with Crippen molar-refractivity contribution in [1.29, 1.82) is 0 Å². The Morgan fingerprint density at radius 3 is 2.58 bits per heavy atom. The van der Waals surface area contributed by atoms with E-state index in [1.54, 1.807) is 31.4 Å². The Hall–Kier alpha value is -2.83. The number of amides is 2. The number of carbonyl (C=O) groups is 1. The second kappa shape index (κ2) is 8.71. The molecule has 0 saturated heterocycles. The first kappa shape index (κ1) is 17.5. The lowest BCUT2D eigenvalue weighted by Crippen LogP contribution is -2.21. The highest BCUT2D eigenvalue weighted by molar-refractivity contribution is 5.98. The van der Waals surface area contributed by atoms with E-state index in [4.69, 9.17) is 4.74 Å². The first-order chi connectivity index (χ1) is 11.6. The van der Waals surface area contributed by atoms with Gasteiger partial charge in [-0.3, -0.25) is 5.32 Å². The van der Waals surface area contributed by atoms with Crippen LogP contribution in [0.15, 0.2) is 30.3 Å². The van der Waals surface area contributed by atoms with Crippen LogP contribution in [0.3, 0.4) is 0 Å². The maximum atomic E-state index is 12.1. The van der Waals surface area contributed by atoms with E-state index >= 15 is 0 Å². The van der Waals surface area contributed by atoms with Crippen LogP contribution < -0.4 is 20.7 Å². The van der Waals surface area contributed by atoms with Crippen molar-refractivity contribution < 1.29 is 9.53 Å². The molecular formula is C17H23N5O2. The van der Waals surface area contributed by atoms with Crippen LogP contribution in [-0.2, 0) is 0 Å². The Morgan fingerprint density at radius 2 is 1.92 bits per heavy atom. The van der Waals surface area contributed by atoms with Gasteiger partial charge >= 0.3 is 6.03 Å². The molecule has 0 unspecified atom stereocenters. The highest BCUT2D eigenvalue weighted by Gasteiger charge is 2.07. The lowest BCUT2D eigenvalue weighted by molar-refractivity contribution is 0.262. The van der Waals surface area contributed by atoms with Crippen molar-refractivity contribution in [2.45, 2.75) is 26.7 Å². The van der Waals surface area contributed by atoms with Crippen LogP contribution in [0.2, 0.25) is 0 Å². The van der Waals surface area contributed by atoms with Crippen LogP contribution in [-0.4, -0.2) is 29.7 Å². The molecule has 7 heteroatoms. The lowest BCUT2D eigenvalue weighted by atomic mass is 10.3. The summed E-state index contributed by atoms with van der Waals surface area (Å²) in [6.45, 7) is 4.83. The number of urea groups is 1. The smallest absolute Gasteiger partial charge is 0.326 e. The summed E-state index contributed by atoms with van der Waals surface area (Å²) in [6.07, 6.45) is 2.16. The van der Waals surface area contributed by atoms with Crippen LogP contribution >= 0.6 is 0 Å². The number of ether oxygens (including phenoxy) is 1. The molecule has 24 heavy (non-hydrogen) atoms. The van der Waals surface area contributed by atoms with E-state index in [1.807, 2.05) is 13.0 Å². The monoisotopic (exact) mass is 329 g/mol. The number of methoxy groups -OCH3 is 1. The molecule has 0 spiro atoms. The highest BCUT2D eigenvalue weighted by Crippen LogP contribution is 2.15. The number of anilines is 3. The van der Waals surface area contributed by atoms with Gasteiger partial charge in [-0.2, -0.15) is 4.98 Å². The van der Waals surface area contributed by atoms with Crippen LogP contribution in [0.1, 0.15) is 25.5 Å². The molecule has 1 heterocycles. The summed E-state index contributed by atoms with van der Waals surface area (Å²) in [4.78, 5) is 20.6. The maximum absolute atomic E-state index is 12.1. The average molecular weight is 329 g/mol. The molecule has 2 rings (SSSR count). The van der Waals surface area contributed by atoms with Crippen molar-refractivity contribution in [3.63, 3.8) is 0 Å². The summed E-state index contributed by atoms with van der Waals surface area (Å²) in [5.74, 6) is 1.70. The molecule has 2 amide bonds. The van der Waals surface area contributed by atoms with Crippen LogP contribution in [0, 0.1) is 6.92 Å². The molecule has 0 atom stereocenters. The number of nitrogens with one attached hydrogen (secondary N) is 3. The van der Waals surface area contributed by atoms with E-state index in [0.717, 1.165) is 30.8 Å². The second-order valence-electron chi connectivity index (χ2n) is 5.31. The molecule has 128 valence electrons. The van der Waals surface area contributed by atoms with Gasteiger partial charge in [-0.25, -0.2) is 9.78 Å². The fraction of sp³-hybridized carbons (Fsp3) is 0.353. The third-order valence-electron chi connectivity index (χ3n) is 3.26. The number of benzene rings is 1. The summed E-state index contributed by atoms with van der Waals surface area (Å²) < 4.78 is 5.08. The molecule has 0 aliphatic carbocycles. The van der Waals surface area contributed by atoms with Crippen molar-refractivity contribution in [3.8, 4) is 5.75 Å². The molecule has 0 aliphatic heterocycles. The zero-order valence-corrected chi connectivity index (χ0v) is 14.2. The van der Waals surface area contributed by atoms with Crippen LogP contribution in [0.25, 0.3) is 0 Å². The van der Waals surface area contributed by atoms with Crippen molar-refractivity contribution in [1.82, 2.24) is 9.97 Å². The van der Waals surface area contributed by atoms with Gasteiger partial charge in [0.2, 0.25) is 5.95 Å². The third-order valence-corrected chi connectivity index (χ3v) is 3.26. The SMILES string of the molecule is CCCCNc1cc(C)nc(NC(=O)Nc2ccc(OC)cc2)n1. The summed E-state index contributed by atoms with van der Waals surface area (Å²) in [7, 11) is 1.59. The Labute approximate surface area is 141 Å². The van der Waals surface area contributed by atoms with Gasteiger partial charge in [-0.05, 0) is 37.6 Å². The van der Waals surface area contributed by atoms with E-state index in [9.17, 15) is 4.79 Å². The molecule has 2 aromatic rings. The Morgan fingerprint density at radius 1 is 1.17 bits per heavy atom. The first-order valence-corrected chi connectivity index (χ1v) is 7.92. The number of hydrogen-bond acceptors (Lipinski definition) is 5. The van der Waals surface area contributed by atoms with Crippen LogP contribution in [0.5, 0.6) is 5.75 Å². The lowest BCUT2D eigenvalue weighted by Gasteiger charge is -2.10. The fourth-order valence-corrected chi connectivity index (χ4v) is 2.05. The van der Waals surface area contributed by atoms with Gasteiger partial charge in [0.25, 0.3) is 0 Å². The molecule has 0 aliphatic rings. The van der Waals surface area contributed by atoms with E-state index in [-0.39, 0.29) is 5.95 Å². The van der Waals surface area contributed by atoms with Crippen molar-refractivity contribution in [2.75, 3.05) is 29.6 Å². The van der Waals surface area contributed by atoms with Crippen molar-refractivity contribution in [2.24, 2.45) is 0 Å². The number of unbranched alkanes of at least 4 members (excludes halogenated alkanes) is 1. The van der Waals surface area contributed by atoms with Gasteiger partial charge in [0.05, 0.1) is 7.11 Å². The topological polar surface area (TPSA) is 88.2 Å². The number of aromatic nitrogens is 2. The third kappa shape index (κ3) is 5.42. The molecule has 3 N–H and O–H groups in total. The van der Waals surface area contributed by atoms with Crippen molar-refractivity contribution >= 4 is 23.5 Å². The van der Waals surface area contributed by atoms with E-state index in [1.165, 1.54) is 0 Å². The molecule has 0 saturated carbocycles. The number of rotatable bonds is 7. The van der Waals surface area contributed by atoms with Gasteiger partial charge in [0.15, 0.2) is 0 Å². The molecule has 0 radical (unpaired) electrons. The Kier molecular flexibility index (Phi) is 6.36. The van der Waals surface area contributed by atoms with E-state index in [0.29, 0.717) is 11.5 Å². The molecule has 7 nitrogen and oxygen atoms in total. The van der Waals surface area contributed by atoms with E-state index < -0.39 is 6.03 Å². The van der Waals surface area contributed by atoms with Gasteiger partial charge in [0, 0.05) is 24.0 Å². The molecule has 0 bridgehead atoms. The summed E-state index contributed by atoms with van der Waals surface area (Å²) in [6, 6.07) is 8.51. The fourth-order valence-electron chi connectivity index (χ4n) is 2.05. The largest absolute Gasteiger partial charge is 0.497 e. The van der Waals surface area contributed by atoms with Crippen LogP contribution in [0.4, 0.5) is 22.2 Å². The maximum Gasteiger partial charge on any atom is 0.326 e. The standard InChI is InChI=1S/C17H23N5O2/c1-4-5-10-18-15-11-12(2)19-16(21-15)22-17(23)20-13-6-8-14(24-3)9-7-13/h6-9,11H,4-5,10H2,1-3H3,(H3,18,19,20,21,22,23). The van der Waals surface area contributed by atoms with Gasteiger partial charge in [-0.15, -0.1) is 0 Å². The highest BCUT2D eigenvalue weighted by atomic mass is 16.5. The molecule has 0 fully saturated rings. The van der Waals surface area contributed by atoms with Gasteiger partial charge in [-0.1, -0.05) is 13.3 Å². The minimum atomic E-state index is -0.398. The number of hydrogen-bond donors (Lipinski definition) is 3. The molecule has 1 aromatic carbocycles. The minimum absolute atomic E-state index is 0.264. The number of carbonyl (C=O) groups excluding carboxylic acids is 1. The summed E-state index contributed by atoms with van der Waals surface area (Å²) in [5.41, 5.74) is 1.44. The quantitative estimate of drug-likeness (QED) is 0.675. The average Bonchev–Trinajstić information content (AvgIpc) is 2.55. The summed E-state index contributed by atoms with van der Waals surface area (Å²) >= 11 is 0. The van der Waals surface area contributed by atoms with Gasteiger partial charge < -0.3 is 15.4 Å². The minimum Gasteiger partial charge on any atom is -0.497 e. The number of aryl methyl sites for hydroxylation is 1. The number of nitrogens with zero attached hydrogens (tertiary/aromatic N) is 2. The molecular weight excluding hydrogens is 306 g/mol.